The van der Waals surface area contributed by atoms with E-state index < -0.39 is 9.84 Å². The van der Waals surface area contributed by atoms with Crippen molar-refractivity contribution in [3.05, 3.63) is 40.4 Å². The molecule has 0 spiro atoms. The maximum absolute atomic E-state index is 12.2. The minimum absolute atomic E-state index is 0.0264. The van der Waals surface area contributed by atoms with E-state index in [9.17, 15) is 8.42 Å². The lowest BCUT2D eigenvalue weighted by molar-refractivity contribution is 0.595. The average Bonchev–Trinajstić information content (AvgIpc) is 2.64. The highest BCUT2D eigenvalue weighted by atomic mass is 32.2. The van der Waals surface area contributed by atoms with E-state index in [0.717, 1.165) is 17.1 Å². The number of hydrogen-bond acceptors (Lipinski definition) is 5. The van der Waals surface area contributed by atoms with Crippen molar-refractivity contribution in [3.8, 4) is 0 Å². The Morgan fingerprint density at radius 1 is 1.24 bits per heavy atom. The Morgan fingerprint density at radius 3 is 2.53 bits per heavy atom. The molecule has 0 aliphatic heterocycles. The fourth-order valence-corrected chi connectivity index (χ4v) is 4.20. The first-order chi connectivity index (χ1) is 8.00. The van der Waals surface area contributed by atoms with Crippen molar-refractivity contribution in [1.29, 1.82) is 0 Å². The van der Waals surface area contributed by atoms with Gasteiger partial charge in [0.25, 0.3) is 0 Å². The number of nitrogens with zero attached hydrogens (tertiary/aromatic N) is 2. The van der Waals surface area contributed by atoms with Crippen LogP contribution < -0.4 is 0 Å². The molecule has 0 unspecified atom stereocenters. The first kappa shape index (κ1) is 12.2. The van der Waals surface area contributed by atoms with Crippen LogP contribution in [0.5, 0.6) is 0 Å². The normalized spacial score (nSPS) is 11.6. The Labute approximate surface area is 104 Å². The van der Waals surface area contributed by atoms with E-state index >= 15 is 0 Å². The third-order valence-electron chi connectivity index (χ3n) is 2.50. The SMILES string of the molecule is Cc1ccccc1S(=O)(=O)Cc1snnc1C. The number of rotatable bonds is 3. The lowest BCUT2D eigenvalue weighted by Crippen LogP contribution is -2.06. The van der Waals surface area contributed by atoms with Crippen LogP contribution in [0, 0.1) is 13.8 Å². The summed E-state index contributed by atoms with van der Waals surface area (Å²) in [5.41, 5.74) is 1.45. The molecule has 0 saturated heterocycles. The fraction of sp³-hybridized carbons (Fsp3) is 0.273. The molecule has 0 bridgehead atoms. The van der Waals surface area contributed by atoms with Gasteiger partial charge in [0, 0.05) is 0 Å². The maximum atomic E-state index is 12.2. The number of hydrogen-bond donors (Lipinski definition) is 0. The van der Waals surface area contributed by atoms with Crippen LogP contribution in [0.1, 0.15) is 16.1 Å². The zero-order chi connectivity index (χ0) is 12.5. The summed E-state index contributed by atoms with van der Waals surface area (Å²) in [7, 11) is -3.31. The predicted octanol–water partition coefficient (Wildman–Crippen LogP) is 2.13. The standard InChI is InChI=1S/C11H12N2O2S2/c1-8-5-3-4-6-11(8)17(14,15)7-10-9(2)12-13-16-10/h3-6H,7H2,1-2H3. The van der Waals surface area contributed by atoms with Gasteiger partial charge in [-0.3, -0.25) is 0 Å². The lowest BCUT2D eigenvalue weighted by Gasteiger charge is -2.06. The molecule has 6 heteroatoms. The van der Waals surface area contributed by atoms with Crippen molar-refractivity contribution in [2.75, 3.05) is 0 Å². The van der Waals surface area contributed by atoms with E-state index in [1.165, 1.54) is 0 Å². The molecule has 1 aromatic heterocycles. The number of sulfone groups is 1. The van der Waals surface area contributed by atoms with E-state index in [2.05, 4.69) is 9.59 Å². The summed E-state index contributed by atoms with van der Waals surface area (Å²) in [6.45, 7) is 3.57. The summed E-state index contributed by atoms with van der Waals surface area (Å²) in [5, 5.41) is 3.82. The van der Waals surface area contributed by atoms with Crippen molar-refractivity contribution < 1.29 is 8.42 Å². The van der Waals surface area contributed by atoms with Gasteiger partial charge in [-0.15, -0.1) is 5.10 Å². The molecule has 17 heavy (non-hydrogen) atoms. The molecule has 0 aliphatic rings. The number of aryl methyl sites for hydroxylation is 2. The van der Waals surface area contributed by atoms with Crippen LogP contribution in [0.3, 0.4) is 0 Å². The fourth-order valence-electron chi connectivity index (χ4n) is 1.54. The van der Waals surface area contributed by atoms with E-state index in [-0.39, 0.29) is 5.75 Å². The van der Waals surface area contributed by atoms with Gasteiger partial charge in [0.2, 0.25) is 0 Å². The average molecular weight is 268 g/mol. The van der Waals surface area contributed by atoms with E-state index in [0.29, 0.717) is 15.5 Å². The van der Waals surface area contributed by atoms with Crippen LogP contribution in [-0.4, -0.2) is 18.0 Å². The van der Waals surface area contributed by atoms with Crippen LogP contribution in [0.15, 0.2) is 29.2 Å². The molecule has 0 saturated carbocycles. The van der Waals surface area contributed by atoms with Gasteiger partial charge in [-0.25, -0.2) is 8.42 Å². The van der Waals surface area contributed by atoms with E-state index in [1.807, 2.05) is 6.07 Å². The van der Waals surface area contributed by atoms with Gasteiger partial charge in [0.1, 0.15) is 0 Å². The molecule has 90 valence electrons. The minimum atomic E-state index is -3.31. The first-order valence-electron chi connectivity index (χ1n) is 5.07. The molecule has 1 aromatic carbocycles. The Bertz CT molecular complexity index is 632. The molecule has 2 rings (SSSR count). The van der Waals surface area contributed by atoms with Crippen LogP contribution in [0.2, 0.25) is 0 Å². The predicted molar refractivity (Wildman–Crippen MR) is 66.7 cm³/mol. The topological polar surface area (TPSA) is 59.9 Å². The van der Waals surface area contributed by atoms with Crippen LogP contribution in [-0.2, 0) is 15.6 Å². The maximum Gasteiger partial charge on any atom is 0.183 e. The van der Waals surface area contributed by atoms with Gasteiger partial charge in [-0.2, -0.15) is 0 Å². The molecule has 0 aliphatic carbocycles. The Morgan fingerprint density at radius 2 is 1.94 bits per heavy atom. The highest BCUT2D eigenvalue weighted by molar-refractivity contribution is 7.90. The zero-order valence-corrected chi connectivity index (χ0v) is 11.2. The monoisotopic (exact) mass is 268 g/mol. The third-order valence-corrected chi connectivity index (χ3v) is 5.30. The second kappa shape index (κ2) is 4.54. The highest BCUT2D eigenvalue weighted by Crippen LogP contribution is 2.22. The molecule has 0 amide bonds. The van der Waals surface area contributed by atoms with Gasteiger partial charge in [-0.05, 0) is 37.0 Å². The van der Waals surface area contributed by atoms with Gasteiger partial charge in [0.05, 0.1) is 21.2 Å². The summed E-state index contributed by atoms with van der Waals surface area (Å²) in [5.74, 6) is -0.0264. The van der Waals surface area contributed by atoms with Crippen molar-refractivity contribution in [2.24, 2.45) is 0 Å². The summed E-state index contributed by atoms with van der Waals surface area (Å²) in [4.78, 5) is 1.08. The second-order valence-corrected chi connectivity index (χ2v) is 6.60. The third kappa shape index (κ3) is 2.53. The van der Waals surface area contributed by atoms with Gasteiger partial charge >= 0.3 is 0 Å². The van der Waals surface area contributed by atoms with E-state index in [4.69, 9.17) is 0 Å². The number of benzene rings is 1. The molecule has 0 fully saturated rings. The van der Waals surface area contributed by atoms with Crippen molar-refractivity contribution in [3.63, 3.8) is 0 Å². The van der Waals surface area contributed by atoms with Crippen molar-refractivity contribution in [2.45, 2.75) is 24.5 Å². The van der Waals surface area contributed by atoms with Crippen LogP contribution >= 0.6 is 11.5 Å². The quantitative estimate of drug-likeness (QED) is 0.855. The summed E-state index contributed by atoms with van der Waals surface area (Å²) < 4.78 is 28.2. The summed E-state index contributed by atoms with van der Waals surface area (Å²) >= 11 is 1.14. The second-order valence-electron chi connectivity index (χ2n) is 3.81. The summed E-state index contributed by atoms with van der Waals surface area (Å²) in [6, 6.07) is 6.99. The Hall–Kier alpha value is -1.27. The molecule has 0 atom stereocenters. The highest BCUT2D eigenvalue weighted by Gasteiger charge is 2.19. The van der Waals surface area contributed by atoms with Crippen LogP contribution in [0.4, 0.5) is 0 Å². The van der Waals surface area contributed by atoms with Crippen molar-refractivity contribution in [1.82, 2.24) is 9.59 Å². The summed E-state index contributed by atoms with van der Waals surface area (Å²) in [6.07, 6.45) is 0. The van der Waals surface area contributed by atoms with Gasteiger partial charge in [-0.1, -0.05) is 22.7 Å². The zero-order valence-electron chi connectivity index (χ0n) is 9.54. The molecular formula is C11H12N2O2S2. The van der Waals surface area contributed by atoms with Crippen molar-refractivity contribution >= 4 is 21.4 Å². The molecule has 0 radical (unpaired) electrons. The smallest absolute Gasteiger partial charge is 0.183 e. The first-order valence-corrected chi connectivity index (χ1v) is 7.49. The molecule has 2 aromatic rings. The largest absolute Gasteiger partial charge is 0.223 e. The Kier molecular flexibility index (Phi) is 3.26. The number of aromatic nitrogens is 2. The van der Waals surface area contributed by atoms with Crippen LogP contribution in [0.25, 0.3) is 0 Å². The molecule has 4 nitrogen and oxygen atoms in total. The molecule has 1 heterocycles. The minimum Gasteiger partial charge on any atom is -0.223 e. The lowest BCUT2D eigenvalue weighted by atomic mass is 10.2. The van der Waals surface area contributed by atoms with Gasteiger partial charge < -0.3 is 0 Å². The van der Waals surface area contributed by atoms with Gasteiger partial charge in [0.15, 0.2) is 9.84 Å². The molecule has 0 N–H and O–H groups in total. The molecular weight excluding hydrogens is 256 g/mol. The van der Waals surface area contributed by atoms with E-state index in [1.54, 1.807) is 32.0 Å². The Balaban J connectivity index is 2.39.